The molecule has 1 N–H and O–H groups in total. The van der Waals surface area contributed by atoms with Gasteiger partial charge < -0.3 is 9.72 Å². The Balaban J connectivity index is 3.42. The predicted octanol–water partition coefficient (Wildman–Crippen LogP) is 1.46. The fourth-order valence-corrected chi connectivity index (χ4v) is 0.871. The number of alkyl halides is 2. The number of aromatic nitrogens is 1. The van der Waals surface area contributed by atoms with Gasteiger partial charge in [0.1, 0.15) is 5.56 Å². The molecule has 0 amide bonds. The number of H-pyrrole nitrogens is 1. The number of nitrogens with one attached hydrogen (secondary N) is 1. The van der Waals surface area contributed by atoms with E-state index in [1.54, 1.807) is 0 Å². The minimum atomic E-state index is -3.06. The van der Waals surface area contributed by atoms with Crippen LogP contribution in [0.3, 0.4) is 0 Å². The van der Waals surface area contributed by atoms with Gasteiger partial charge in [-0.25, -0.2) is 13.2 Å². The van der Waals surface area contributed by atoms with Crippen LogP contribution in [0.4, 0.5) is 13.2 Å². The molecule has 0 saturated heterocycles. The van der Waals surface area contributed by atoms with Crippen LogP contribution >= 0.6 is 0 Å². The van der Waals surface area contributed by atoms with Crippen molar-refractivity contribution >= 4 is 0 Å². The van der Waals surface area contributed by atoms with Gasteiger partial charge in [-0.15, -0.1) is 0 Å². The summed E-state index contributed by atoms with van der Waals surface area (Å²) in [6.45, 7) is 0. The highest BCUT2D eigenvalue weighted by Gasteiger charge is 2.20. The maximum absolute atomic E-state index is 12.5. The second-order valence-corrected chi connectivity index (χ2v) is 2.21. The second-order valence-electron chi connectivity index (χ2n) is 2.21. The van der Waals surface area contributed by atoms with E-state index < -0.39 is 29.1 Å². The van der Waals surface area contributed by atoms with Gasteiger partial charge >= 0.3 is 0 Å². The van der Waals surface area contributed by atoms with Gasteiger partial charge in [0.15, 0.2) is 5.82 Å². The highest BCUT2D eigenvalue weighted by atomic mass is 19.3. The summed E-state index contributed by atoms with van der Waals surface area (Å²) in [6.07, 6.45) is -2.39. The molecule has 1 aromatic heterocycles. The highest BCUT2D eigenvalue weighted by Crippen LogP contribution is 2.23. The zero-order valence-electron chi connectivity index (χ0n) is 6.61. The standard InChI is InChI=1S/C7H6F3NO2/c1-13-7-4(6(9)10)5(12)3(8)2-11-7/h2,6H,1H3,(H,11,12). The third-order valence-electron chi connectivity index (χ3n) is 1.46. The molecule has 1 aromatic rings. The van der Waals surface area contributed by atoms with E-state index in [9.17, 15) is 18.0 Å². The summed E-state index contributed by atoms with van der Waals surface area (Å²) in [5.41, 5.74) is -2.33. The van der Waals surface area contributed by atoms with Crippen molar-refractivity contribution in [2.24, 2.45) is 0 Å². The maximum atomic E-state index is 12.5. The van der Waals surface area contributed by atoms with Gasteiger partial charge in [-0.1, -0.05) is 0 Å². The van der Waals surface area contributed by atoms with Crippen molar-refractivity contribution in [1.82, 2.24) is 4.98 Å². The molecule has 0 aliphatic rings. The third-order valence-corrected chi connectivity index (χ3v) is 1.46. The van der Waals surface area contributed by atoms with Crippen molar-refractivity contribution in [2.45, 2.75) is 6.43 Å². The Morgan fingerprint density at radius 1 is 1.54 bits per heavy atom. The minimum Gasteiger partial charge on any atom is -0.482 e. The van der Waals surface area contributed by atoms with Gasteiger partial charge in [0.2, 0.25) is 11.3 Å². The molecule has 0 bridgehead atoms. The monoisotopic (exact) mass is 193 g/mol. The molecule has 1 rings (SSSR count). The molecule has 72 valence electrons. The number of aromatic amines is 1. The van der Waals surface area contributed by atoms with E-state index in [1.807, 2.05) is 0 Å². The van der Waals surface area contributed by atoms with Gasteiger partial charge in [-0.2, -0.15) is 0 Å². The van der Waals surface area contributed by atoms with E-state index >= 15 is 0 Å². The van der Waals surface area contributed by atoms with Crippen molar-refractivity contribution < 1.29 is 17.9 Å². The Morgan fingerprint density at radius 2 is 2.15 bits per heavy atom. The van der Waals surface area contributed by atoms with Crippen molar-refractivity contribution in [1.29, 1.82) is 0 Å². The summed E-state index contributed by atoms with van der Waals surface area (Å²) in [6, 6.07) is 0. The zero-order valence-corrected chi connectivity index (χ0v) is 6.61. The molecule has 3 nitrogen and oxygen atoms in total. The van der Waals surface area contributed by atoms with Crippen LogP contribution in [-0.4, -0.2) is 12.1 Å². The molecule has 0 aliphatic carbocycles. The fourth-order valence-electron chi connectivity index (χ4n) is 0.871. The predicted molar refractivity (Wildman–Crippen MR) is 38.5 cm³/mol. The van der Waals surface area contributed by atoms with E-state index in [1.165, 1.54) is 0 Å². The van der Waals surface area contributed by atoms with Crippen molar-refractivity contribution in [3.05, 3.63) is 27.8 Å². The second kappa shape index (κ2) is 3.51. The van der Waals surface area contributed by atoms with Crippen molar-refractivity contribution in [2.75, 3.05) is 7.11 Å². The van der Waals surface area contributed by atoms with Gasteiger partial charge in [0, 0.05) is 6.20 Å². The van der Waals surface area contributed by atoms with Crippen LogP contribution in [-0.2, 0) is 0 Å². The normalized spacial score (nSPS) is 10.5. The van der Waals surface area contributed by atoms with Gasteiger partial charge in [-0.3, -0.25) is 4.79 Å². The first-order valence-electron chi connectivity index (χ1n) is 3.31. The number of methoxy groups -OCH3 is 1. The number of ether oxygens (including phenoxy) is 1. The molecule has 0 spiro atoms. The third kappa shape index (κ3) is 1.66. The molecule has 0 atom stereocenters. The largest absolute Gasteiger partial charge is 0.482 e. The number of pyridine rings is 1. The quantitative estimate of drug-likeness (QED) is 0.772. The first kappa shape index (κ1) is 9.63. The molecule has 0 aliphatic heterocycles. The van der Waals surface area contributed by atoms with Crippen LogP contribution in [0.5, 0.6) is 5.88 Å². The lowest BCUT2D eigenvalue weighted by atomic mass is 10.2. The smallest absolute Gasteiger partial charge is 0.272 e. The van der Waals surface area contributed by atoms with Gasteiger partial charge in [0.05, 0.1) is 7.11 Å². The van der Waals surface area contributed by atoms with Crippen LogP contribution in [0.2, 0.25) is 0 Å². The molecule has 0 radical (unpaired) electrons. The molecule has 1 heterocycles. The van der Waals surface area contributed by atoms with E-state index in [4.69, 9.17) is 0 Å². The fraction of sp³-hybridized carbons (Fsp3) is 0.286. The van der Waals surface area contributed by atoms with Crippen molar-refractivity contribution in [3.63, 3.8) is 0 Å². The minimum absolute atomic E-state index is 0.415. The van der Waals surface area contributed by atoms with E-state index in [-0.39, 0.29) is 0 Å². The van der Waals surface area contributed by atoms with E-state index in [0.717, 1.165) is 7.11 Å². The average Bonchev–Trinajstić information content (AvgIpc) is 2.08. The van der Waals surface area contributed by atoms with Crippen molar-refractivity contribution in [3.8, 4) is 5.88 Å². The Hall–Kier alpha value is -1.46. The lowest BCUT2D eigenvalue weighted by Crippen LogP contribution is -2.15. The lowest BCUT2D eigenvalue weighted by Gasteiger charge is -2.05. The molecule has 0 saturated carbocycles. The Morgan fingerprint density at radius 3 is 2.62 bits per heavy atom. The molecule has 6 heteroatoms. The summed E-state index contributed by atoms with van der Waals surface area (Å²) >= 11 is 0. The van der Waals surface area contributed by atoms with E-state index in [0.29, 0.717) is 6.20 Å². The number of rotatable bonds is 2. The molecule has 13 heavy (non-hydrogen) atoms. The van der Waals surface area contributed by atoms with Gasteiger partial charge in [-0.05, 0) is 0 Å². The van der Waals surface area contributed by atoms with Crippen LogP contribution in [0.25, 0.3) is 0 Å². The zero-order chi connectivity index (χ0) is 10.0. The summed E-state index contributed by atoms with van der Waals surface area (Å²) in [4.78, 5) is 12.9. The van der Waals surface area contributed by atoms with Gasteiger partial charge in [0.25, 0.3) is 6.43 Å². The Bertz CT molecular complexity index is 361. The van der Waals surface area contributed by atoms with Crippen LogP contribution in [0, 0.1) is 5.82 Å². The summed E-state index contributed by atoms with van der Waals surface area (Å²) < 4.78 is 41.3. The molecule has 0 aromatic carbocycles. The number of halogens is 3. The molecular weight excluding hydrogens is 187 g/mol. The maximum Gasteiger partial charge on any atom is 0.272 e. The topological polar surface area (TPSA) is 42.1 Å². The average molecular weight is 193 g/mol. The Labute approximate surface area is 71.2 Å². The van der Waals surface area contributed by atoms with E-state index in [2.05, 4.69) is 9.72 Å². The van der Waals surface area contributed by atoms with Crippen LogP contribution in [0.15, 0.2) is 11.0 Å². The SMILES string of the molecule is COc1[nH]cc(F)c(=O)c1C(F)F. The van der Waals surface area contributed by atoms with Crippen LogP contribution in [0.1, 0.15) is 12.0 Å². The van der Waals surface area contributed by atoms with Crippen LogP contribution < -0.4 is 10.2 Å². The molecule has 0 fully saturated rings. The molecular formula is C7H6F3NO2. The highest BCUT2D eigenvalue weighted by molar-refractivity contribution is 5.27. The lowest BCUT2D eigenvalue weighted by molar-refractivity contribution is 0.144. The Kier molecular flexibility index (Phi) is 2.60. The summed E-state index contributed by atoms with van der Waals surface area (Å²) in [5, 5.41) is 0. The molecule has 0 unspecified atom stereocenters. The summed E-state index contributed by atoms with van der Waals surface area (Å²) in [7, 11) is 1.11. The first-order chi connectivity index (χ1) is 6.07. The number of hydrogen-bond donors (Lipinski definition) is 1. The first-order valence-corrected chi connectivity index (χ1v) is 3.31. The summed E-state index contributed by atoms with van der Waals surface area (Å²) in [5.74, 6) is -1.67. The number of hydrogen-bond acceptors (Lipinski definition) is 2.